The summed E-state index contributed by atoms with van der Waals surface area (Å²) < 4.78 is 72.4. The fraction of sp³-hybridized carbons (Fsp3) is 0.276. The van der Waals surface area contributed by atoms with Gasteiger partial charge in [0.15, 0.2) is 69.0 Å². The number of methoxy groups -OCH3 is 6. The maximum absolute atomic E-state index is 13.9. The molecule has 0 saturated carbocycles. The van der Waals surface area contributed by atoms with Gasteiger partial charge in [-0.05, 0) is 109 Å². The predicted molar refractivity (Wildman–Crippen MR) is 285 cm³/mol. The van der Waals surface area contributed by atoms with E-state index < -0.39 is 99.5 Å². The molecule has 0 aromatic heterocycles. The molecule has 0 spiro atoms. The lowest BCUT2D eigenvalue weighted by Crippen LogP contribution is -2.47. The minimum absolute atomic E-state index is 0.109. The molecule has 0 heterocycles. The highest BCUT2D eigenvalue weighted by Gasteiger charge is 2.42. The Balaban J connectivity index is 1.45. The zero-order valence-corrected chi connectivity index (χ0v) is 45.5. The number of esters is 6. The number of hydrogen-bond donors (Lipinski definition) is 6. The molecule has 0 fully saturated rings. The van der Waals surface area contributed by atoms with Crippen LogP contribution in [-0.2, 0) is 33.2 Å². The van der Waals surface area contributed by atoms with Crippen LogP contribution >= 0.6 is 0 Å². The summed E-state index contributed by atoms with van der Waals surface area (Å²) in [5, 5.41) is 61.7. The minimum Gasteiger partial charge on any atom is -0.504 e. The van der Waals surface area contributed by atoms with Crippen molar-refractivity contribution in [2.45, 2.75) is 0 Å². The van der Waals surface area contributed by atoms with Gasteiger partial charge in [0.05, 0.1) is 100 Å². The van der Waals surface area contributed by atoms with E-state index in [2.05, 4.69) is 0 Å². The monoisotopic (exact) mass is 1150 g/mol. The fourth-order valence-electron chi connectivity index (χ4n) is 7.62. The molecule has 0 saturated heterocycles. The lowest BCUT2D eigenvalue weighted by molar-refractivity contribution is -0.112. The lowest BCUT2D eigenvalue weighted by atomic mass is 9.90. The normalized spacial score (nSPS) is 11.1. The van der Waals surface area contributed by atoms with E-state index in [9.17, 15) is 59.4 Å². The van der Waals surface area contributed by atoms with Crippen molar-refractivity contribution in [3.05, 3.63) is 143 Å². The van der Waals surface area contributed by atoms with Crippen molar-refractivity contribution in [3.63, 3.8) is 0 Å². The first-order valence-electron chi connectivity index (χ1n) is 24.5. The van der Waals surface area contributed by atoms with Crippen molar-refractivity contribution in [2.75, 3.05) is 95.5 Å². The molecule has 6 N–H and O–H groups in total. The zero-order chi connectivity index (χ0) is 60.4. The van der Waals surface area contributed by atoms with Crippen LogP contribution < -0.4 is 28.4 Å². The molecule has 6 aromatic rings. The summed E-state index contributed by atoms with van der Waals surface area (Å²) in [4.78, 5) is 83.4. The lowest BCUT2D eigenvalue weighted by Gasteiger charge is -2.35. The third-order valence-electron chi connectivity index (χ3n) is 12.4. The van der Waals surface area contributed by atoms with E-state index in [1.807, 2.05) is 0 Å². The summed E-state index contributed by atoms with van der Waals surface area (Å²) >= 11 is 0. The molecule has 6 aromatic carbocycles. The van der Waals surface area contributed by atoms with Gasteiger partial charge in [0.1, 0.15) is 39.6 Å². The highest BCUT2D eigenvalue weighted by atomic mass is 16.6. The number of phenolic OH excluding ortho intramolecular Hbond substituents is 6. The van der Waals surface area contributed by atoms with Gasteiger partial charge in [-0.2, -0.15) is 0 Å². The Bertz CT molecular complexity index is 2760. The summed E-state index contributed by atoms with van der Waals surface area (Å²) in [5.74, 6) is -8.81. The molecule has 25 nitrogen and oxygen atoms in total. The molecule has 0 atom stereocenters. The van der Waals surface area contributed by atoms with E-state index in [0.29, 0.717) is 0 Å². The van der Waals surface area contributed by atoms with Crippen LogP contribution in [0.1, 0.15) is 62.1 Å². The molecule has 25 heteroatoms. The van der Waals surface area contributed by atoms with Gasteiger partial charge in [-0.15, -0.1) is 0 Å². The van der Waals surface area contributed by atoms with Crippen molar-refractivity contribution in [3.8, 4) is 69.0 Å². The second-order valence-electron chi connectivity index (χ2n) is 18.3. The topological polar surface area (TPSA) is 344 Å². The van der Waals surface area contributed by atoms with Gasteiger partial charge in [-0.3, -0.25) is 0 Å². The standard InChI is InChI=1S/C58H58O25/c1-71-45-19-33(7-13-39(45)59)51(65)78-27-57(28-79-52(66)34-8-14-40(60)46(20-34)72-2,29-80-53(67)35-9-15-41(61)47(21-35)73-3)25-77-26-58(30-81-54(68)36-10-16-42(62)48(22-36)74-4,31-82-55(69)37-11-17-43(63)49(23-37)75-5)32-83-56(70)38-12-18-44(64)50(24-38)76-6/h7-24,59-64H,25-32H2,1-6H3. The average molecular weight is 1160 g/mol. The first-order valence-corrected chi connectivity index (χ1v) is 24.5. The number of carbonyl (C=O) groups excluding carboxylic acids is 6. The number of ether oxygens (including phenoxy) is 13. The van der Waals surface area contributed by atoms with E-state index in [1.54, 1.807) is 0 Å². The van der Waals surface area contributed by atoms with E-state index in [4.69, 9.17) is 61.6 Å². The van der Waals surface area contributed by atoms with Crippen molar-refractivity contribution in [1.29, 1.82) is 0 Å². The molecule has 440 valence electrons. The summed E-state index contributed by atoms with van der Waals surface area (Å²) in [5.41, 5.74) is -4.88. The van der Waals surface area contributed by atoms with E-state index in [1.165, 1.54) is 115 Å². The highest BCUT2D eigenvalue weighted by Crippen LogP contribution is 2.35. The summed E-state index contributed by atoms with van der Waals surface area (Å²) in [6.45, 7) is -6.49. The Labute approximate surface area is 473 Å². The van der Waals surface area contributed by atoms with Gasteiger partial charge in [-0.25, -0.2) is 28.8 Å². The van der Waals surface area contributed by atoms with Gasteiger partial charge < -0.3 is 92.2 Å². The Morgan fingerprint density at radius 2 is 0.434 bits per heavy atom. The van der Waals surface area contributed by atoms with Gasteiger partial charge in [-0.1, -0.05) is 0 Å². The minimum atomic E-state index is -1.99. The van der Waals surface area contributed by atoms with Crippen LogP contribution in [0, 0.1) is 10.8 Å². The van der Waals surface area contributed by atoms with Crippen LogP contribution in [0.4, 0.5) is 0 Å². The molecular weight excluding hydrogens is 1100 g/mol. The average Bonchev–Trinajstić information content (AvgIpc) is 3.51. The highest BCUT2D eigenvalue weighted by molar-refractivity contribution is 5.93. The zero-order valence-electron chi connectivity index (χ0n) is 45.5. The number of carbonyl (C=O) groups is 6. The molecular formula is C58H58O25. The summed E-state index contributed by atoms with van der Waals surface area (Å²) in [6, 6.07) is 21.2. The maximum atomic E-state index is 13.9. The molecule has 0 unspecified atom stereocenters. The third kappa shape index (κ3) is 16.0. The van der Waals surface area contributed by atoms with E-state index in [-0.39, 0.29) is 102 Å². The smallest absolute Gasteiger partial charge is 0.338 e. The molecule has 83 heavy (non-hydrogen) atoms. The first-order chi connectivity index (χ1) is 39.7. The molecule has 0 aliphatic carbocycles. The SMILES string of the molecule is COc1cc(C(=O)OCC(COCC(COC(=O)c2ccc(O)c(OC)c2)(COC(=O)c2ccc(O)c(OC)c2)COC(=O)c2ccc(O)c(OC)c2)(COC(=O)c2ccc(O)c(OC)c2)COC(=O)c2ccc(O)c(OC)c2)ccc1O. The number of rotatable bonds is 28. The van der Waals surface area contributed by atoms with Crippen LogP contribution in [0.25, 0.3) is 0 Å². The molecule has 0 radical (unpaired) electrons. The van der Waals surface area contributed by atoms with Gasteiger partial charge >= 0.3 is 35.8 Å². The molecule has 0 aliphatic rings. The predicted octanol–water partition coefficient (Wildman–Crippen LogP) is 6.40. The van der Waals surface area contributed by atoms with Gasteiger partial charge in [0, 0.05) is 0 Å². The number of hydrogen-bond acceptors (Lipinski definition) is 25. The van der Waals surface area contributed by atoms with Crippen molar-refractivity contribution >= 4 is 35.8 Å². The Morgan fingerprint density at radius 3 is 0.578 bits per heavy atom. The Morgan fingerprint density at radius 1 is 0.277 bits per heavy atom. The quantitative estimate of drug-likeness (QED) is 0.0228. The van der Waals surface area contributed by atoms with E-state index >= 15 is 0 Å². The van der Waals surface area contributed by atoms with Crippen LogP contribution in [0.3, 0.4) is 0 Å². The third-order valence-corrected chi connectivity index (χ3v) is 12.4. The molecule has 0 amide bonds. The number of phenols is 6. The van der Waals surface area contributed by atoms with Gasteiger partial charge in [0.25, 0.3) is 0 Å². The molecule has 6 rings (SSSR count). The second kappa shape index (κ2) is 28.2. The Kier molecular flexibility index (Phi) is 21.0. The van der Waals surface area contributed by atoms with Crippen molar-refractivity contribution in [1.82, 2.24) is 0 Å². The van der Waals surface area contributed by atoms with Crippen molar-refractivity contribution in [2.24, 2.45) is 10.8 Å². The summed E-state index contributed by atoms with van der Waals surface area (Å²) in [6.07, 6.45) is 0. The fourth-order valence-corrected chi connectivity index (χ4v) is 7.62. The number of aromatic hydroxyl groups is 6. The van der Waals surface area contributed by atoms with Crippen molar-refractivity contribution < 1.29 is 121 Å². The Hall–Kier alpha value is -10.3. The largest absolute Gasteiger partial charge is 0.504 e. The van der Waals surface area contributed by atoms with Crippen LogP contribution in [0.2, 0.25) is 0 Å². The van der Waals surface area contributed by atoms with E-state index in [0.717, 1.165) is 36.4 Å². The summed E-state index contributed by atoms with van der Waals surface area (Å²) in [7, 11) is 7.45. The maximum Gasteiger partial charge on any atom is 0.338 e. The first kappa shape index (κ1) is 61.9. The van der Waals surface area contributed by atoms with Crippen LogP contribution in [0.5, 0.6) is 69.0 Å². The van der Waals surface area contributed by atoms with Gasteiger partial charge in [0.2, 0.25) is 0 Å². The second-order valence-corrected chi connectivity index (χ2v) is 18.3. The number of benzene rings is 6. The molecule has 0 aliphatic heterocycles. The van der Waals surface area contributed by atoms with Crippen LogP contribution in [0.15, 0.2) is 109 Å². The molecule has 0 bridgehead atoms. The van der Waals surface area contributed by atoms with Crippen LogP contribution in [-0.4, -0.2) is 162 Å².